The molecule has 0 amide bonds. The SMILES string of the molecule is CC(C)c1ccccc1-n1c(=S)[nH]c2ccc(F)c(F)c21. The highest BCUT2D eigenvalue weighted by Crippen LogP contribution is 2.28. The summed E-state index contributed by atoms with van der Waals surface area (Å²) in [7, 11) is 0. The lowest BCUT2D eigenvalue weighted by molar-refractivity contribution is 0.514. The molecule has 3 rings (SSSR count). The zero-order valence-corrected chi connectivity index (χ0v) is 12.5. The van der Waals surface area contributed by atoms with Crippen LogP contribution in [0.1, 0.15) is 25.3 Å². The molecule has 0 fully saturated rings. The van der Waals surface area contributed by atoms with Crippen molar-refractivity contribution in [1.29, 1.82) is 0 Å². The Morgan fingerprint density at radius 2 is 1.81 bits per heavy atom. The van der Waals surface area contributed by atoms with Gasteiger partial charge in [0.15, 0.2) is 16.4 Å². The third kappa shape index (κ3) is 2.17. The van der Waals surface area contributed by atoms with Crippen LogP contribution in [0.4, 0.5) is 8.78 Å². The predicted octanol–water partition coefficient (Wildman–Crippen LogP) is 5.09. The average Bonchev–Trinajstić information content (AvgIpc) is 2.80. The van der Waals surface area contributed by atoms with E-state index in [0.29, 0.717) is 10.3 Å². The lowest BCUT2D eigenvalue weighted by atomic mass is 10.0. The Kier molecular flexibility index (Phi) is 3.37. The molecule has 1 heterocycles. The molecule has 0 radical (unpaired) electrons. The van der Waals surface area contributed by atoms with Gasteiger partial charge in [-0.2, -0.15) is 0 Å². The number of imidazole rings is 1. The molecule has 2 aromatic carbocycles. The topological polar surface area (TPSA) is 20.7 Å². The van der Waals surface area contributed by atoms with Crippen LogP contribution in [0.5, 0.6) is 0 Å². The van der Waals surface area contributed by atoms with Gasteiger partial charge >= 0.3 is 0 Å². The van der Waals surface area contributed by atoms with E-state index in [0.717, 1.165) is 17.3 Å². The van der Waals surface area contributed by atoms with E-state index in [4.69, 9.17) is 12.2 Å². The highest BCUT2D eigenvalue weighted by atomic mass is 32.1. The van der Waals surface area contributed by atoms with Crippen molar-refractivity contribution in [2.75, 3.05) is 0 Å². The Balaban J connectivity index is 2.44. The smallest absolute Gasteiger partial charge is 0.184 e. The quantitative estimate of drug-likeness (QED) is 0.654. The largest absolute Gasteiger partial charge is 0.330 e. The number of rotatable bonds is 2. The zero-order valence-electron chi connectivity index (χ0n) is 11.7. The summed E-state index contributed by atoms with van der Waals surface area (Å²) in [5.41, 5.74) is 2.43. The van der Waals surface area contributed by atoms with E-state index < -0.39 is 11.6 Å². The maximum Gasteiger partial charge on any atom is 0.184 e. The Labute approximate surface area is 126 Å². The number of halogens is 2. The number of para-hydroxylation sites is 1. The molecule has 1 aromatic heterocycles. The first-order valence-corrected chi connectivity index (χ1v) is 7.09. The molecule has 0 aliphatic carbocycles. The highest BCUT2D eigenvalue weighted by molar-refractivity contribution is 7.71. The fourth-order valence-corrected chi connectivity index (χ4v) is 2.84. The second-order valence-electron chi connectivity index (χ2n) is 5.24. The molecule has 0 saturated carbocycles. The summed E-state index contributed by atoms with van der Waals surface area (Å²) in [5.74, 6) is -1.53. The summed E-state index contributed by atoms with van der Waals surface area (Å²) in [4.78, 5) is 2.93. The van der Waals surface area contributed by atoms with Gasteiger partial charge in [0.05, 0.1) is 11.2 Å². The van der Waals surface area contributed by atoms with Crippen LogP contribution in [-0.4, -0.2) is 9.55 Å². The molecule has 5 heteroatoms. The summed E-state index contributed by atoms with van der Waals surface area (Å²) in [6.45, 7) is 4.10. The van der Waals surface area contributed by atoms with Crippen LogP contribution in [0, 0.1) is 16.4 Å². The van der Waals surface area contributed by atoms with Crippen molar-refractivity contribution in [3.05, 3.63) is 58.4 Å². The maximum atomic E-state index is 14.2. The van der Waals surface area contributed by atoms with Crippen LogP contribution >= 0.6 is 12.2 Å². The van der Waals surface area contributed by atoms with Crippen molar-refractivity contribution < 1.29 is 8.78 Å². The third-order valence-electron chi connectivity index (χ3n) is 3.54. The van der Waals surface area contributed by atoms with Crippen molar-refractivity contribution in [3.63, 3.8) is 0 Å². The fraction of sp³-hybridized carbons (Fsp3) is 0.188. The first-order valence-electron chi connectivity index (χ1n) is 6.68. The molecule has 3 aromatic rings. The van der Waals surface area contributed by atoms with Crippen molar-refractivity contribution in [2.45, 2.75) is 19.8 Å². The molecule has 108 valence electrons. The van der Waals surface area contributed by atoms with E-state index in [1.165, 1.54) is 6.07 Å². The first kappa shape index (κ1) is 13.9. The predicted molar refractivity (Wildman–Crippen MR) is 82.5 cm³/mol. The lowest BCUT2D eigenvalue weighted by Crippen LogP contribution is -2.02. The highest BCUT2D eigenvalue weighted by Gasteiger charge is 2.17. The van der Waals surface area contributed by atoms with E-state index in [1.54, 1.807) is 4.57 Å². The second kappa shape index (κ2) is 5.07. The van der Waals surface area contributed by atoms with Crippen LogP contribution < -0.4 is 0 Å². The van der Waals surface area contributed by atoms with Crippen molar-refractivity contribution >= 4 is 23.3 Å². The summed E-state index contributed by atoms with van der Waals surface area (Å²) in [5, 5.41) is 0. The van der Waals surface area contributed by atoms with Crippen molar-refractivity contribution in [3.8, 4) is 5.69 Å². The number of hydrogen-bond donors (Lipinski definition) is 1. The van der Waals surface area contributed by atoms with E-state index >= 15 is 0 Å². The molecule has 0 aliphatic rings. The summed E-state index contributed by atoms with van der Waals surface area (Å²) in [6.07, 6.45) is 0. The monoisotopic (exact) mass is 304 g/mol. The maximum absolute atomic E-state index is 14.2. The molecular formula is C16H14F2N2S. The molecule has 0 saturated heterocycles. The van der Waals surface area contributed by atoms with Gasteiger partial charge in [-0.05, 0) is 41.9 Å². The molecule has 21 heavy (non-hydrogen) atoms. The molecule has 0 atom stereocenters. The molecule has 1 N–H and O–H groups in total. The van der Waals surface area contributed by atoms with Crippen LogP contribution in [0.25, 0.3) is 16.7 Å². The van der Waals surface area contributed by atoms with Gasteiger partial charge in [-0.25, -0.2) is 8.78 Å². The van der Waals surface area contributed by atoms with Gasteiger partial charge in [-0.1, -0.05) is 32.0 Å². The zero-order chi connectivity index (χ0) is 15.1. The van der Waals surface area contributed by atoms with Crippen LogP contribution in [-0.2, 0) is 0 Å². The minimum atomic E-state index is -0.890. The third-order valence-corrected chi connectivity index (χ3v) is 3.82. The number of benzene rings is 2. The molecular weight excluding hydrogens is 290 g/mol. The van der Waals surface area contributed by atoms with Gasteiger partial charge < -0.3 is 4.98 Å². The number of aromatic amines is 1. The average molecular weight is 304 g/mol. The Bertz CT molecular complexity index is 878. The van der Waals surface area contributed by atoms with E-state index in [9.17, 15) is 8.78 Å². The Hall–Kier alpha value is -2.01. The van der Waals surface area contributed by atoms with Crippen LogP contribution in [0.15, 0.2) is 36.4 Å². The lowest BCUT2D eigenvalue weighted by Gasteiger charge is -2.14. The summed E-state index contributed by atoms with van der Waals surface area (Å²) >= 11 is 5.30. The molecule has 0 bridgehead atoms. The second-order valence-corrected chi connectivity index (χ2v) is 5.62. The molecule has 0 spiro atoms. The summed E-state index contributed by atoms with van der Waals surface area (Å²) in [6, 6.07) is 10.2. The minimum Gasteiger partial charge on any atom is -0.330 e. The molecule has 2 nitrogen and oxygen atoms in total. The van der Waals surface area contributed by atoms with E-state index in [-0.39, 0.29) is 11.4 Å². The normalized spacial score (nSPS) is 11.5. The fourth-order valence-electron chi connectivity index (χ4n) is 2.54. The van der Waals surface area contributed by atoms with Gasteiger partial charge in [0.2, 0.25) is 0 Å². The number of H-pyrrole nitrogens is 1. The van der Waals surface area contributed by atoms with Crippen LogP contribution in [0.2, 0.25) is 0 Å². The van der Waals surface area contributed by atoms with E-state index in [1.807, 2.05) is 38.1 Å². The van der Waals surface area contributed by atoms with Crippen molar-refractivity contribution in [2.24, 2.45) is 0 Å². The number of hydrogen-bond acceptors (Lipinski definition) is 1. The Morgan fingerprint density at radius 1 is 1.10 bits per heavy atom. The van der Waals surface area contributed by atoms with Crippen molar-refractivity contribution in [1.82, 2.24) is 9.55 Å². The number of nitrogens with one attached hydrogen (secondary N) is 1. The molecule has 0 aliphatic heterocycles. The van der Waals surface area contributed by atoms with Gasteiger partial charge in [-0.3, -0.25) is 4.57 Å². The minimum absolute atomic E-state index is 0.146. The first-order chi connectivity index (χ1) is 10.0. The van der Waals surface area contributed by atoms with Gasteiger partial charge in [0, 0.05) is 0 Å². The van der Waals surface area contributed by atoms with Gasteiger partial charge in [0.1, 0.15) is 5.52 Å². The summed E-state index contributed by atoms with van der Waals surface area (Å²) < 4.78 is 29.7. The number of aromatic nitrogens is 2. The molecule has 0 unspecified atom stereocenters. The number of fused-ring (bicyclic) bond motifs is 1. The number of nitrogens with zero attached hydrogens (tertiary/aromatic N) is 1. The Morgan fingerprint density at radius 3 is 2.52 bits per heavy atom. The standard InChI is InChI=1S/C16H14F2N2S/c1-9(2)10-5-3-4-6-13(10)20-15-12(19-16(20)21)8-7-11(17)14(15)18/h3-9H,1-2H3,(H,19,21). The van der Waals surface area contributed by atoms with Crippen LogP contribution in [0.3, 0.4) is 0 Å². The van der Waals surface area contributed by atoms with Gasteiger partial charge in [-0.15, -0.1) is 0 Å². The van der Waals surface area contributed by atoms with E-state index in [2.05, 4.69) is 4.98 Å². The van der Waals surface area contributed by atoms with Gasteiger partial charge in [0.25, 0.3) is 0 Å².